The molecule has 0 heterocycles. The summed E-state index contributed by atoms with van der Waals surface area (Å²) < 4.78 is 0. The number of anilines is 2. The SMILES string of the molecule is CCCc1ccc(N)c(SC)c1N. The van der Waals surface area contributed by atoms with Gasteiger partial charge in [-0.1, -0.05) is 19.4 Å². The quantitative estimate of drug-likeness (QED) is 0.577. The Morgan fingerprint density at radius 1 is 1.31 bits per heavy atom. The van der Waals surface area contributed by atoms with Crippen molar-refractivity contribution >= 4 is 23.1 Å². The first-order valence-corrected chi connectivity index (χ1v) is 5.64. The summed E-state index contributed by atoms with van der Waals surface area (Å²) in [6.07, 6.45) is 4.14. The second-order valence-electron chi connectivity index (χ2n) is 3.01. The molecular weight excluding hydrogens is 180 g/mol. The number of hydrogen-bond acceptors (Lipinski definition) is 3. The van der Waals surface area contributed by atoms with Gasteiger partial charge in [-0.2, -0.15) is 0 Å². The molecule has 0 spiro atoms. The lowest BCUT2D eigenvalue weighted by Crippen LogP contribution is -1.99. The van der Waals surface area contributed by atoms with Gasteiger partial charge in [0.2, 0.25) is 0 Å². The minimum Gasteiger partial charge on any atom is -0.398 e. The maximum atomic E-state index is 5.98. The van der Waals surface area contributed by atoms with Crippen molar-refractivity contribution in [1.29, 1.82) is 0 Å². The van der Waals surface area contributed by atoms with Crippen molar-refractivity contribution in [1.82, 2.24) is 0 Å². The van der Waals surface area contributed by atoms with Gasteiger partial charge in [0.15, 0.2) is 0 Å². The topological polar surface area (TPSA) is 52.0 Å². The van der Waals surface area contributed by atoms with Crippen LogP contribution in [0.2, 0.25) is 0 Å². The van der Waals surface area contributed by atoms with Gasteiger partial charge in [-0.05, 0) is 24.3 Å². The van der Waals surface area contributed by atoms with Crippen molar-refractivity contribution in [2.75, 3.05) is 17.7 Å². The number of benzene rings is 1. The molecule has 0 fully saturated rings. The summed E-state index contributed by atoms with van der Waals surface area (Å²) in [5.74, 6) is 0. The molecule has 1 aromatic rings. The van der Waals surface area contributed by atoms with E-state index in [2.05, 4.69) is 6.92 Å². The van der Waals surface area contributed by atoms with Crippen LogP contribution in [0.1, 0.15) is 18.9 Å². The molecule has 0 atom stereocenters. The minimum absolute atomic E-state index is 0.782. The van der Waals surface area contributed by atoms with Crippen LogP contribution in [0, 0.1) is 0 Å². The average molecular weight is 196 g/mol. The van der Waals surface area contributed by atoms with Crippen LogP contribution in [-0.4, -0.2) is 6.26 Å². The first-order valence-electron chi connectivity index (χ1n) is 4.41. The van der Waals surface area contributed by atoms with Crippen LogP contribution < -0.4 is 11.5 Å². The van der Waals surface area contributed by atoms with E-state index in [0.29, 0.717) is 0 Å². The van der Waals surface area contributed by atoms with Gasteiger partial charge in [0.25, 0.3) is 0 Å². The summed E-state index contributed by atoms with van der Waals surface area (Å²) >= 11 is 1.61. The zero-order valence-corrected chi connectivity index (χ0v) is 8.95. The minimum atomic E-state index is 0.782. The summed E-state index contributed by atoms with van der Waals surface area (Å²) in [7, 11) is 0. The van der Waals surface area contributed by atoms with Gasteiger partial charge < -0.3 is 11.5 Å². The van der Waals surface area contributed by atoms with E-state index in [4.69, 9.17) is 11.5 Å². The third-order valence-electron chi connectivity index (χ3n) is 2.04. The van der Waals surface area contributed by atoms with Crippen LogP contribution in [0.15, 0.2) is 17.0 Å². The predicted octanol–water partition coefficient (Wildman–Crippen LogP) is 2.53. The Balaban J connectivity index is 3.11. The van der Waals surface area contributed by atoms with Crippen LogP contribution in [0.25, 0.3) is 0 Å². The Hall–Kier alpha value is -0.830. The molecular formula is C10H16N2S. The molecule has 2 nitrogen and oxygen atoms in total. The highest BCUT2D eigenvalue weighted by Crippen LogP contribution is 2.32. The molecule has 13 heavy (non-hydrogen) atoms. The Morgan fingerprint density at radius 2 is 2.00 bits per heavy atom. The maximum Gasteiger partial charge on any atom is 0.0532 e. The standard InChI is InChI=1S/C10H16N2S/c1-3-4-7-5-6-8(11)10(13-2)9(7)12/h5-6H,3-4,11-12H2,1-2H3. The highest BCUT2D eigenvalue weighted by atomic mass is 32.2. The molecule has 4 N–H and O–H groups in total. The summed E-state index contributed by atoms with van der Waals surface area (Å²) in [6, 6.07) is 3.96. The van der Waals surface area contributed by atoms with Crippen molar-refractivity contribution in [3.8, 4) is 0 Å². The van der Waals surface area contributed by atoms with E-state index < -0.39 is 0 Å². The Bertz CT molecular complexity index is 297. The molecule has 0 unspecified atom stereocenters. The molecule has 0 saturated heterocycles. The zero-order valence-electron chi connectivity index (χ0n) is 8.13. The number of hydrogen-bond donors (Lipinski definition) is 2. The fraction of sp³-hybridized carbons (Fsp3) is 0.400. The summed E-state index contributed by atoms with van der Waals surface area (Å²) in [6.45, 7) is 2.15. The van der Waals surface area contributed by atoms with E-state index in [1.54, 1.807) is 11.8 Å². The molecule has 1 rings (SSSR count). The van der Waals surface area contributed by atoms with Crippen molar-refractivity contribution in [3.05, 3.63) is 17.7 Å². The van der Waals surface area contributed by atoms with Gasteiger partial charge in [0.05, 0.1) is 10.6 Å². The number of thioether (sulfide) groups is 1. The third-order valence-corrected chi connectivity index (χ3v) is 2.90. The highest BCUT2D eigenvalue weighted by Gasteiger charge is 2.06. The second kappa shape index (κ2) is 4.42. The molecule has 72 valence electrons. The Labute approximate surface area is 83.7 Å². The Kier molecular flexibility index (Phi) is 3.48. The van der Waals surface area contributed by atoms with E-state index >= 15 is 0 Å². The van der Waals surface area contributed by atoms with Crippen LogP contribution in [0.3, 0.4) is 0 Å². The molecule has 0 aliphatic carbocycles. The normalized spacial score (nSPS) is 10.3. The molecule has 0 aliphatic heterocycles. The lowest BCUT2D eigenvalue weighted by atomic mass is 10.1. The van der Waals surface area contributed by atoms with E-state index in [1.807, 2.05) is 18.4 Å². The van der Waals surface area contributed by atoms with E-state index in [1.165, 1.54) is 5.56 Å². The van der Waals surface area contributed by atoms with Gasteiger partial charge in [-0.25, -0.2) is 0 Å². The van der Waals surface area contributed by atoms with Gasteiger partial charge in [0, 0.05) is 5.69 Å². The van der Waals surface area contributed by atoms with Crippen molar-refractivity contribution in [2.45, 2.75) is 24.7 Å². The first-order chi connectivity index (χ1) is 6.20. The maximum absolute atomic E-state index is 5.98. The van der Waals surface area contributed by atoms with Gasteiger partial charge in [-0.3, -0.25) is 0 Å². The zero-order chi connectivity index (χ0) is 9.84. The van der Waals surface area contributed by atoms with Crippen molar-refractivity contribution in [3.63, 3.8) is 0 Å². The highest BCUT2D eigenvalue weighted by molar-refractivity contribution is 7.99. The van der Waals surface area contributed by atoms with Gasteiger partial charge in [0.1, 0.15) is 0 Å². The molecule has 0 saturated carbocycles. The number of rotatable bonds is 3. The van der Waals surface area contributed by atoms with Crippen LogP contribution >= 0.6 is 11.8 Å². The fourth-order valence-electron chi connectivity index (χ4n) is 1.37. The Morgan fingerprint density at radius 3 is 2.54 bits per heavy atom. The molecule has 0 aliphatic rings. The number of nitrogen functional groups attached to an aromatic ring is 2. The summed E-state index contributed by atoms with van der Waals surface area (Å²) in [5, 5.41) is 0. The van der Waals surface area contributed by atoms with E-state index in [-0.39, 0.29) is 0 Å². The lowest BCUT2D eigenvalue weighted by Gasteiger charge is -2.10. The van der Waals surface area contributed by atoms with Gasteiger partial charge >= 0.3 is 0 Å². The lowest BCUT2D eigenvalue weighted by molar-refractivity contribution is 0.921. The van der Waals surface area contributed by atoms with Gasteiger partial charge in [-0.15, -0.1) is 11.8 Å². The van der Waals surface area contributed by atoms with Crippen molar-refractivity contribution in [2.24, 2.45) is 0 Å². The largest absolute Gasteiger partial charge is 0.398 e. The molecule has 0 amide bonds. The number of aryl methyl sites for hydroxylation is 1. The van der Waals surface area contributed by atoms with E-state index in [9.17, 15) is 0 Å². The molecule has 0 aromatic heterocycles. The first kappa shape index (κ1) is 10.3. The van der Waals surface area contributed by atoms with Crippen LogP contribution in [0.5, 0.6) is 0 Å². The molecule has 0 radical (unpaired) electrons. The molecule has 0 bridgehead atoms. The smallest absolute Gasteiger partial charge is 0.0532 e. The van der Waals surface area contributed by atoms with Crippen molar-refractivity contribution < 1.29 is 0 Å². The second-order valence-corrected chi connectivity index (χ2v) is 3.83. The van der Waals surface area contributed by atoms with Crippen LogP contribution in [-0.2, 0) is 6.42 Å². The third kappa shape index (κ3) is 2.10. The molecule has 3 heteroatoms. The predicted molar refractivity (Wildman–Crippen MR) is 61.0 cm³/mol. The summed E-state index contributed by atoms with van der Waals surface area (Å²) in [5.41, 5.74) is 14.6. The average Bonchev–Trinajstić information content (AvgIpc) is 2.11. The number of nitrogens with two attached hydrogens (primary N) is 2. The van der Waals surface area contributed by atoms with E-state index in [0.717, 1.165) is 29.1 Å². The molecule has 1 aromatic carbocycles. The summed E-state index contributed by atoms with van der Waals surface area (Å²) in [4.78, 5) is 1.02. The fourth-order valence-corrected chi connectivity index (χ4v) is 2.03. The van der Waals surface area contributed by atoms with Crippen LogP contribution in [0.4, 0.5) is 11.4 Å². The monoisotopic (exact) mass is 196 g/mol.